The van der Waals surface area contributed by atoms with Crippen molar-refractivity contribution in [3.63, 3.8) is 0 Å². The third kappa shape index (κ3) is 3.78. The largest absolute Gasteiger partial charge is 0.492 e. The first-order valence-corrected chi connectivity index (χ1v) is 8.23. The fourth-order valence-electron chi connectivity index (χ4n) is 1.63. The van der Waals surface area contributed by atoms with Gasteiger partial charge in [0.05, 0.1) is 12.3 Å². The highest BCUT2D eigenvalue weighted by atomic mass is 35.5. The van der Waals surface area contributed by atoms with Gasteiger partial charge in [0.15, 0.2) is 0 Å². The van der Waals surface area contributed by atoms with Gasteiger partial charge in [-0.1, -0.05) is 23.2 Å². The van der Waals surface area contributed by atoms with E-state index in [0.717, 1.165) is 0 Å². The molecule has 0 aliphatic heterocycles. The normalized spacial score (nSPS) is 11.2. The first kappa shape index (κ1) is 15.9. The Labute approximate surface area is 132 Å². The van der Waals surface area contributed by atoms with Crippen LogP contribution in [0.25, 0.3) is 0 Å². The minimum atomic E-state index is -3.88. The SMILES string of the molecule is CCOc1ccc(Cl)cc1NS(=O)(=O)c1cccnc1Cl. The van der Waals surface area contributed by atoms with Crippen molar-refractivity contribution in [3.05, 3.63) is 46.7 Å². The molecule has 0 spiro atoms. The van der Waals surface area contributed by atoms with Crippen molar-refractivity contribution < 1.29 is 13.2 Å². The van der Waals surface area contributed by atoms with Gasteiger partial charge >= 0.3 is 0 Å². The lowest BCUT2D eigenvalue weighted by molar-refractivity contribution is 0.342. The van der Waals surface area contributed by atoms with E-state index in [9.17, 15) is 8.42 Å². The first-order valence-electron chi connectivity index (χ1n) is 5.99. The van der Waals surface area contributed by atoms with E-state index in [-0.39, 0.29) is 15.7 Å². The summed E-state index contributed by atoms with van der Waals surface area (Å²) in [7, 11) is -3.88. The number of aromatic nitrogens is 1. The van der Waals surface area contributed by atoms with Gasteiger partial charge in [-0.3, -0.25) is 4.72 Å². The van der Waals surface area contributed by atoms with Gasteiger partial charge < -0.3 is 4.74 Å². The molecule has 1 N–H and O–H groups in total. The Morgan fingerprint density at radius 2 is 2.05 bits per heavy atom. The van der Waals surface area contributed by atoms with Gasteiger partial charge in [-0.25, -0.2) is 13.4 Å². The molecule has 0 aliphatic carbocycles. The number of sulfonamides is 1. The van der Waals surface area contributed by atoms with E-state index in [1.54, 1.807) is 19.1 Å². The number of nitrogens with one attached hydrogen (secondary N) is 1. The zero-order valence-corrected chi connectivity index (χ0v) is 13.3. The van der Waals surface area contributed by atoms with Crippen molar-refractivity contribution in [2.75, 3.05) is 11.3 Å². The smallest absolute Gasteiger partial charge is 0.265 e. The Bertz CT molecular complexity index is 751. The molecule has 0 aliphatic rings. The van der Waals surface area contributed by atoms with Gasteiger partial charge in [0, 0.05) is 11.2 Å². The molecular weight excluding hydrogens is 335 g/mol. The van der Waals surface area contributed by atoms with Gasteiger partial charge in [-0.05, 0) is 37.3 Å². The number of halogens is 2. The standard InChI is InChI=1S/C13H12Cl2N2O3S/c1-2-20-11-6-5-9(14)8-10(11)17-21(18,19)12-4-3-7-16-13(12)15/h3-8,17H,2H2,1H3. The van der Waals surface area contributed by atoms with Crippen LogP contribution in [0.1, 0.15) is 6.92 Å². The maximum atomic E-state index is 12.4. The second kappa shape index (κ2) is 6.51. The number of ether oxygens (including phenoxy) is 1. The second-order valence-corrected chi connectivity index (χ2v) is 6.42. The summed E-state index contributed by atoms with van der Waals surface area (Å²) in [6.07, 6.45) is 1.41. The summed E-state index contributed by atoms with van der Waals surface area (Å²) < 4.78 is 32.5. The molecule has 2 rings (SSSR count). The van der Waals surface area contributed by atoms with E-state index in [2.05, 4.69) is 9.71 Å². The van der Waals surface area contributed by atoms with Crippen LogP contribution in [0.2, 0.25) is 10.2 Å². The third-order valence-corrected chi connectivity index (χ3v) is 4.55. The Kier molecular flexibility index (Phi) is 4.92. The van der Waals surface area contributed by atoms with Crippen LogP contribution in [0, 0.1) is 0 Å². The molecule has 0 radical (unpaired) electrons. The fourth-order valence-corrected chi connectivity index (χ4v) is 3.32. The van der Waals surface area contributed by atoms with Gasteiger partial charge in [0.1, 0.15) is 15.8 Å². The number of rotatable bonds is 5. The van der Waals surface area contributed by atoms with Crippen molar-refractivity contribution in [1.29, 1.82) is 0 Å². The minimum Gasteiger partial charge on any atom is -0.492 e. The van der Waals surface area contributed by atoms with Crippen LogP contribution in [0.3, 0.4) is 0 Å². The van der Waals surface area contributed by atoms with Gasteiger partial charge in [-0.2, -0.15) is 0 Å². The van der Waals surface area contributed by atoms with Crippen LogP contribution in [0.5, 0.6) is 5.75 Å². The number of anilines is 1. The molecule has 0 unspecified atom stereocenters. The molecule has 1 aromatic carbocycles. The van der Waals surface area contributed by atoms with Crippen LogP contribution in [0.4, 0.5) is 5.69 Å². The molecule has 112 valence electrons. The Balaban J connectivity index is 2.41. The van der Waals surface area contributed by atoms with Crippen LogP contribution < -0.4 is 9.46 Å². The summed E-state index contributed by atoms with van der Waals surface area (Å²) in [5, 5.41) is 0.276. The zero-order valence-electron chi connectivity index (χ0n) is 11.0. The summed E-state index contributed by atoms with van der Waals surface area (Å²) in [4.78, 5) is 3.64. The molecule has 1 aromatic heterocycles. The average molecular weight is 347 g/mol. The molecule has 0 amide bonds. The molecule has 0 atom stereocenters. The first-order chi connectivity index (χ1) is 9.94. The Hall–Kier alpha value is -1.50. The van der Waals surface area contributed by atoms with E-state index < -0.39 is 10.0 Å². The van der Waals surface area contributed by atoms with Crippen LogP contribution in [-0.4, -0.2) is 20.0 Å². The van der Waals surface area contributed by atoms with Crippen molar-refractivity contribution in [2.24, 2.45) is 0 Å². The number of pyridine rings is 1. The molecule has 1 heterocycles. The van der Waals surface area contributed by atoms with Crippen molar-refractivity contribution >= 4 is 38.9 Å². The highest BCUT2D eigenvalue weighted by Crippen LogP contribution is 2.31. The summed E-state index contributed by atoms with van der Waals surface area (Å²) in [6.45, 7) is 2.19. The quantitative estimate of drug-likeness (QED) is 0.840. The van der Waals surface area contributed by atoms with E-state index in [0.29, 0.717) is 17.4 Å². The number of hydrogen-bond acceptors (Lipinski definition) is 4. The fraction of sp³-hybridized carbons (Fsp3) is 0.154. The average Bonchev–Trinajstić information content (AvgIpc) is 2.42. The summed E-state index contributed by atoms with van der Waals surface area (Å²) in [5.74, 6) is 0.380. The molecule has 2 aromatic rings. The number of nitrogens with zero attached hydrogens (tertiary/aromatic N) is 1. The highest BCUT2D eigenvalue weighted by Gasteiger charge is 2.20. The molecule has 0 fully saturated rings. The zero-order chi connectivity index (χ0) is 15.5. The maximum Gasteiger partial charge on any atom is 0.265 e. The predicted octanol–water partition coefficient (Wildman–Crippen LogP) is 3.59. The van der Waals surface area contributed by atoms with E-state index in [4.69, 9.17) is 27.9 Å². The highest BCUT2D eigenvalue weighted by molar-refractivity contribution is 7.92. The van der Waals surface area contributed by atoms with Gasteiger partial charge in [0.2, 0.25) is 0 Å². The molecular formula is C13H12Cl2N2O3S. The monoisotopic (exact) mass is 346 g/mol. The van der Waals surface area contributed by atoms with E-state index in [1.807, 2.05) is 0 Å². The van der Waals surface area contributed by atoms with Crippen LogP contribution in [0.15, 0.2) is 41.4 Å². The summed E-state index contributed by atoms with van der Waals surface area (Å²) in [6, 6.07) is 7.52. The number of hydrogen-bond donors (Lipinski definition) is 1. The molecule has 8 heteroatoms. The Morgan fingerprint density at radius 3 is 2.71 bits per heavy atom. The van der Waals surface area contributed by atoms with Gasteiger partial charge in [0.25, 0.3) is 10.0 Å². The molecule has 21 heavy (non-hydrogen) atoms. The summed E-state index contributed by atoms with van der Waals surface area (Å²) in [5.41, 5.74) is 0.240. The molecule has 5 nitrogen and oxygen atoms in total. The van der Waals surface area contributed by atoms with Gasteiger partial charge in [-0.15, -0.1) is 0 Å². The minimum absolute atomic E-state index is 0.106. The topological polar surface area (TPSA) is 68.3 Å². The van der Waals surface area contributed by atoms with Crippen LogP contribution in [-0.2, 0) is 10.0 Å². The Morgan fingerprint density at radius 1 is 1.29 bits per heavy atom. The van der Waals surface area contributed by atoms with E-state index >= 15 is 0 Å². The lowest BCUT2D eigenvalue weighted by atomic mass is 10.3. The number of benzene rings is 1. The summed E-state index contributed by atoms with van der Waals surface area (Å²) >= 11 is 11.7. The lowest BCUT2D eigenvalue weighted by Crippen LogP contribution is -2.14. The van der Waals surface area contributed by atoms with Crippen LogP contribution >= 0.6 is 23.2 Å². The molecule has 0 saturated carbocycles. The maximum absolute atomic E-state index is 12.4. The van der Waals surface area contributed by atoms with Crippen molar-refractivity contribution in [1.82, 2.24) is 4.98 Å². The van der Waals surface area contributed by atoms with E-state index in [1.165, 1.54) is 24.4 Å². The molecule has 0 saturated heterocycles. The lowest BCUT2D eigenvalue weighted by Gasteiger charge is -2.13. The molecule has 0 bridgehead atoms. The second-order valence-electron chi connectivity index (χ2n) is 3.97. The van der Waals surface area contributed by atoms with Crippen molar-refractivity contribution in [2.45, 2.75) is 11.8 Å². The predicted molar refractivity (Wildman–Crippen MR) is 82.7 cm³/mol. The van der Waals surface area contributed by atoms with Crippen molar-refractivity contribution in [3.8, 4) is 5.75 Å². The third-order valence-electron chi connectivity index (χ3n) is 2.50.